The van der Waals surface area contributed by atoms with E-state index in [9.17, 15) is 18.3 Å². The molecule has 6 rings (SSSR count). The molecule has 1 aromatic heterocycles. The number of alkyl halides is 3. The van der Waals surface area contributed by atoms with Crippen molar-refractivity contribution in [2.75, 3.05) is 50.1 Å². The minimum atomic E-state index is -3.19. The van der Waals surface area contributed by atoms with Crippen LogP contribution in [-0.4, -0.2) is 83.4 Å². The Morgan fingerprint density at radius 1 is 1.19 bits per heavy atom. The first-order valence-corrected chi connectivity index (χ1v) is 13.5. The van der Waals surface area contributed by atoms with Gasteiger partial charge in [-0.2, -0.15) is 0 Å². The highest BCUT2D eigenvalue weighted by Crippen LogP contribution is 2.51. The molecule has 200 valence electrons. The lowest BCUT2D eigenvalue weighted by Crippen LogP contribution is -2.55. The Labute approximate surface area is 216 Å². The normalized spacial score (nSPS) is 27.5. The number of hydrogen-bond acceptors (Lipinski definition) is 6. The van der Waals surface area contributed by atoms with Gasteiger partial charge in [0.2, 0.25) is 0 Å². The molecule has 2 aromatic rings. The minimum Gasteiger partial charge on any atom is -0.390 e. The molecule has 0 bridgehead atoms. The second-order valence-electron chi connectivity index (χ2n) is 11.3. The van der Waals surface area contributed by atoms with Crippen LogP contribution >= 0.6 is 0 Å². The molecule has 0 spiro atoms. The molecule has 3 aliphatic heterocycles. The van der Waals surface area contributed by atoms with Gasteiger partial charge in [0.1, 0.15) is 6.61 Å². The lowest BCUT2D eigenvalue weighted by Gasteiger charge is -2.47. The summed E-state index contributed by atoms with van der Waals surface area (Å²) in [6, 6.07) is 8.30. The third-order valence-corrected chi connectivity index (χ3v) is 8.72. The first-order valence-electron chi connectivity index (χ1n) is 13.5. The number of rotatable bonds is 9. The number of likely N-dealkylation sites (tertiary alicyclic amines) is 2. The van der Waals surface area contributed by atoms with Gasteiger partial charge in [0.15, 0.2) is 0 Å². The summed E-state index contributed by atoms with van der Waals surface area (Å²) in [6.07, 6.45) is 5.35. The van der Waals surface area contributed by atoms with Crippen LogP contribution in [0.15, 0.2) is 30.5 Å². The Morgan fingerprint density at radius 2 is 1.97 bits per heavy atom. The van der Waals surface area contributed by atoms with Crippen LogP contribution in [0.4, 0.5) is 24.5 Å². The van der Waals surface area contributed by atoms with Crippen molar-refractivity contribution in [3.8, 4) is 0 Å². The van der Waals surface area contributed by atoms with Gasteiger partial charge >= 0.3 is 0 Å². The number of hydrogen-bond donors (Lipinski definition) is 3. The number of fused-ring (bicyclic) bond motifs is 4. The molecule has 2 fully saturated rings. The first kappa shape index (κ1) is 24.9. The summed E-state index contributed by atoms with van der Waals surface area (Å²) in [7, 11) is 0. The van der Waals surface area contributed by atoms with Crippen LogP contribution in [0.3, 0.4) is 0 Å². The number of aliphatic hydroxyl groups is 1. The summed E-state index contributed by atoms with van der Waals surface area (Å²) in [5.41, 5.74) is 6.87. The topological polar surface area (TPSA) is 63.7 Å². The maximum atomic E-state index is 14.5. The summed E-state index contributed by atoms with van der Waals surface area (Å²) in [5.74, 6) is -2.96. The third kappa shape index (κ3) is 4.70. The molecule has 0 amide bonds. The van der Waals surface area contributed by atoms with Crippen LogP contribution in [0.2, 0.25) is 0 Å². The molecule has 3 N–H and O–H groups in total. The highest BCUT2D eigenvalue weighted by molar-refractivity contribution is 5.65. The van der Waals surface area contributed by atoms with Crippen LogP contribution < -0.4 is 10.6 Å². The van der Waals surface area contributed by atoms with Gasteiger partial charge in [0.05, 0.1) is 48.9 Å². The highest BCUT2D eigenvalue weighted by Gasteiger charge is 2.50. The van der Waals surface area contributed by atoms with Crippen molar-refractivity contribution in [3.63, 3.8) is 0 Å². The van der Waals surface area contributed by atoms with Gasteiger partial charge in [-0.25, -0.2) is 8.78 Å². The van der Waals surface area contributed by atoms with Gasteiger partial charge in [0, 0.05) is 37.3 Å². The fourth-order valence-corrected chi connectivity index (χ4v) is 6.68. The number of piperidine rings is 1. The summed E-state index contributed by atoms with van der Waals surface area (Å²) in [5, 5.41) is 16.5. The van der Waals surface area contributed by atoms with E-state index in [1.54, 1.807) is 6.20 Å². The Bertz CT molecular complexity index is 1120. The molecule has 2 saturated heterocycles. The van der Waals surface area contributed by atoms with Gasteiger partial charge < -0.3 is 15.7 Å². The zero-order chi connectivity index (χ0) is 25.7. The average Bonchev–Trinajstić information content (AvgIpc) is 3.19. The number of nitrogens with zero attached hydrogens (tertiary/aromatic N) is 3. The van der Waals surface area contributed by atoms with E-state index in [1.807, 2.05) is 24.0 Å². The summed E-state index contributed by atoms with van der Waals surface area (Å²) in [6.45, 7) is 2.58. The molecule has 0 saturated carbocycles. The van der Waals surface area contributed by atoms with Crippen LogP contribution in [-0.2, 0) is 12.8 Å². The van der Waals surface area contributed by atoms with Crippen LogP contribution in [0.1, 0.15) is 54.1 Å². The lowest BCUT2D eigenvalue weighted by atomic mass is 9.77. The predicted octanol–water partition coefficient (Wildman–Crippen LogP) is 3.98. The number of anilines is 2. The molecular formula is C28H36F3N5O. The SMILES string of the molecule is C[C@H]1CC2c3cc4c(cc3NC2[C@H](c2ccc(NC3CN(CCCF)C3)cn2)N1CC(F)(F)CO)CC4. The zero-order valence-corrected chi connectivity index (χ0v) is 21.3. The minimum absolute atomic E-state index is 0.0658. The summed E-state index contributed by atoms with van der Waals surface area (Å²) >= 11 is 0. The molecule has 4 heterocycles. The lowest BCUT2D eigenvalue weighted by molar-refractivity contribution is -0.0969. The van der Waals surface area contributed by atoms with E-state index in [4.69, 9.17) is 4.98 Å². The maximum Gasteiger partial charge on any atom is 0.283 e. The molecule has 1 aliphatic carbocycles. The Hall–Kier alpha value is -2.36. The van der Waals surface area contributed by atoms with Gasteiger partial charge in [-0.1, -0.05) is 6.07 Å². The number of aryl methyl sites for hydroxylation is 2. The predicted molar refractivity (Wildman–Crippen MR) is 138 cm³/mol. The molecule has 37 heavy (non-hydrogen) atoms. The Morgan fingerprint density at radius 3 is 2.65 bits per heavy atom. The molecule has 6 nitrogen and oxygen atoms in total. The first-order chi connectivity index (χ1) is 17.8. The standard InChI is InChI=1S/C28H36F3N5O/c1-17-9-23-22-10-18-3-4-19(18)11-25(22)34-26(23)27(36(17)15-28(30,31)16-37)24-6-5-20(12-32-24)33-21-13-35(14-21)8-2-7-29/h5-6,10-12,17,21,23,26-27,33-34,37H,2-4,7-9,13-16H2,1H3/t17-,23?,26?,27-/m0/s1. The average molecular weight is 516 g/mol. The number of aliphatic hydroxyl groups excluding tert-OH is 1. The molecule has 9 heteroatoms. The smallest absolute Gasteiger partial charge is 0.283 e. The van der Waals surface area contributed by atoms with Crippen LogP contribution in [0.25, 0.3) is 0 Å². The van der Waals surface area contributed by atoms with Gasteiger partial charge in [-0.3, -0.25) is 19.2 Å². The molecule has 4 aliphatic rings. The fraction of sp³-hybridized carbons (Fsp3) is 0.607. The zero-order valence-electron chi connectivity index (χ0n) is 21.3. The maximum absolute atomic E-state index is 14.5. The van der Waals surface area contributed by atoms with Gasteiger partial charge in [-0.05, 0) is 67.5 Å². The van der Waals surface area contributed by atoms with Gasteiger partial charge in [-0.15, -0.1) is 0 Å². The number of benzene rings is 1. The summed E-state index contributed by atoms with van der Waals surface area (Å²) in [4.78, 5) is 8.84. The molecular weight excluding hydrogens is 479 g/mol. The van der Waals surface area contributed by atoms with Crippen molar-refractivity contribution in [1.82, 2.24) is 14.8 Å². The van der Waals surface area contributed by atoms with Crippen LogP contribution in [0, 0.1) is 0 Å². The van der Waals surface area contributed by atoms with Crippen molar-refractivity contribution in [3.05, 3.63) is 52.8 Å². The molecule has 4 atom stereocenters. The second-order valence-corrected chi connectivity index (χ2v) is 11.3. The highest BCUT2D eigenvalue weighted by atomic mass is 19.3. The fourth-order valence-electron chi connectivity index (χ4n) is 6.68. The Kier molecular flexibility index (Phi) is 6.57. The Balaban J connectivity index is 1.24. The van der Waals surface area contributed by atoms with Crippen molar-refractivity contribution in [1.29, 1.82) is 0 Å². The van der Waals surface area contributed by atoms with E-state index in [2.05, 4.69) is 27.7 Å². The van der Waals surface area contributed by atoms with E-state index in [1.165, 1.54) is 16.7 Å². The number of nitrogens with one attached hydrogen (secondary N) is 2. The number of aromatic nitrogens is 1. The van der Waals surface area contributed by atoms with Crippen molar-refractivity contribution in [2.24, 2.45) is 0 Å². The van der Waals surface area contributed by atoms with Crippen molar-refractivity contribution >= 4 is 11.4 Å². The molecule has 0 radical (unpaired) electrons. The van der Waals surface area contributed by atoms with Crippen LogP contribution in [0.5, 0.6) is 0 Å². The van der Waals surface area contributed by atoms with E-state index < -0.39 is 19.1 Å². The number of halogens is 3. The van der Waals surface area contributed by atoms with Gasteiger partial charge in [0.25, 0.3) is 5.92 Å². The van der Waals surface area contributed by atoms with E-state index in [0.717, 1.165) is 56.0 Å². The third-order valence-electron chi connectivity index (χ3n) is 8.72. The second kappa shape index (κ2) is 9.75. The summed E-state index contributed by atoms with van der Waals surface area (Å²) < 4.78 is 41.4. The monoisotopic (exact) mass is 515 g/mol. The number of pyridine rings is 1. The molecule has 1 aromatic carbocycles. The van der Waals surface area contributed by atoms with E-state index in [-0.39, 0.29) is 30.7 Å². The van der Waals surface area contributed by atoms with Crippen molar-refractivity contribution in [2.45, 2.75) is 68.6 Å². The van der Waals surface area contributed by atoms with E-state index in [0.29, 0.717) is 12.5 Å². The van der Waals surface area contributed by atoms with E-state index >= 15 is 0 Å². The quantitative estimate of drug-likeness (QED) is 0.470. The largest absolute Gasteiger partial charge is 0.390 e. The molecule has 2 unspecified atom stereocenters. The van der Waals surface area contributed by atoms with Crippen molar-refractivity contribution < 1.29 is 18.3 Å².